The highest BCUT2D eigenvalue weighted by Gasteiger charge is 2.47. The lowest BCUT2D eigenvalue weighted by molar-refractivity contribution is -0.113. The molecule has 0 spiro atoms. The summed E-state index contributed by atoms with van der Waals surface area (Å²) in [5.41, 5.74) is -0.116. The summed E-state index contributed by atoms with van der Waals surface area (Å²) in [7, 11) is 0. The second-order valence-electron chi connectivity index (χ2n) is 5.49. The molecule has 0 saturated heterocycles. The maximum atomic E-state index is 14.6. The van der Waals surface area contributed by atoms with E-state index in [1.807, 2.05) is 30.3 Å². The number of hydrogen-bond donors (Lipinski definition) is 0. The van der Waals surface area contributed by atoms with Gasteiger partial charge in [-0.25, -0.2) is 8.78 Å². The molecule has 0 bridgehead atoms. The molecule has 2 heteroatoms. The van der Waals surface area contributed by atoms with Gasteiger partial charge in [0.25, 0.3) is 5.92 Å². The van der Waals surface area contributed by atoms with Crippen molar-refractivity contribution in [3.8, 4) is 0 Å². The van der Waals surface area contributed by atoms with Crippen LogP contribution in [0.15, 0.2) is 60.7 Å². The first-order valence-corrected chi connectivity index (χ1v) is 6.41. The predicted octanol–water partition coefficient (Wildman–Crippen LogP) is 5.05. The average Bonchev–Trinajstić information content (AvgIpc) is 2.40. The minimum absolute atomic E-state index is 0.0796. The molecule has 2 aromatic rings. The number of hydrogen-bond acceptors (Lipinski definition) is 0. The highest BCUT2D eigenvalue weighted by molar-refractivity contribution is 5.24. The van der Waals surface area contributed by atoms with Crippen molar-refractivity contribution in [2.45, 2.75) is 26.2 Å². The predicted molar refractivity (Wildman–Crippen MR) is 74.3 cm³/mol. The molecule has 0 aliphatic carbocycles. The summed E-state index contributed by atoms with van der Waals surface area (Å²) in [6, 6.07) is 17.5. The van der Waals surface area contributed by atoms with Crippen molar-refractivity contribution in [3.05, 3.63) is 71.8 Å². The summed E-state index contributed by atoms with van der Waals surface area (Å²) in [6.45, 7) is 3.24. The second-order valence-corrected chi connectivity index (χ2v) is 5.49. The van der Waals surface area contributed by atoms with E-state index in [4.69, 9.17) is 0 Å². The summed E-state index contributed by atoms with van der Waals surface area (Å²) in [6.07, 6.45) is 0.343. The molecule has 0 nitrogen and oxygen atoms in total. The molecule has 0 fully saturated rings. The minimum atomic E-state index is -2.86. The zero-order chi connectivity index (χ0) is 13.9. The normalized spacial score (nSPS) is 12.4. The molecule has 0 N–H and O–H groups in total. The smallest absolute Gasteiger partial charge is 0.201 e. The number of halogens is 2. The van der Waals surface area contributed by atoms with Crippen LogP contribution in [0.5, 0.6) is 0 Å². The van der Waals surface area contributed by atoms with Crippen molar-refractivity contribution < 1.29 is 8.78 Å². The Hall–Kier alpha value is -1.70. The standard InChI is InChI=1S/C17H18F2/c1-16(2,13-14-9-5-3-6-10-14)17(18,19)15-11-7-4-8-12-15/h3-12H,13H2,1-2H3. The van der Waals surface area contributed by atoms with Crippen LogP contribution in [0.4, 0.5) is 8.78 Å². The first kappa shape index (κ1) is 13.7. The number of rotatable bonds is 4. The molecule has 0 radical (unpaired) electrons. The Balaban J connectivity index is 2.28. The van der Waals surface area contributed by atoms with Crippen molar-refractivity contribution in [2.24, 2.45) is 5.41 Å². The summed E-state index contributed by atoms with van der Waals surface area (Å²) in [5, 5.41) is 0. The maximum Gasteiger partial charge on any atom is 0.278 e. The third-order valence-electron chi connectivity index (χ3n) is 3.48. The molecule has 100 valence electrons. The van der Waals surface area contributed by atoms with E-state index in [0.717, 1.165) is 5.56 Å². The Morgan fingerprint density at radius 3 is 1.79 bits per heavy atom. The van der Waals surface area contributed by atoms with Crippen molar-refractivity contribution in [1.82, 2.24) is 0 Å². The van der Waals surface area contributed by atoms with Gasteiger partial charge in [-0.15, -0.1) is 0 Å². The van der Waals surface area contributed by atoms with Crippen molar-refractivity contribution in [2.75, 3.05) is 0 Å². The van der Waals surface area contributed by atoms with Gasteiger partial charge in [-0.05, 0) is 12.0 Å². The Labute approximate surface area is 113 Å². The molecular formula is C17H18F2. The van der Waals surface area contributed by atoms with Gasteiger partial charge in [0, 0.05) is 11.0 Å². The quantitative estimate of drug-likeness (QED) is 0.721. The van der Waals surface area contributed by atoms with E-state index < -0.39 is 11.3 Å². The van der Waals surface area contributed by atoms with Gasteiger partial charge in [0.15, 0.2) is 0 Å². The van der Waals surface area contributed by atoms with Gasteiger partial charge < -0.3 is 0 Å². The van der Waals surface area contributed by atoms with Crippen LogP contribution in [0.2, 0.25) is 0 Å². The van der Waals surface area contributed by atoms with E-state index in [2.05, 4.69) is 0 Å². The SMILES string of the molecule is CC(C)(Cc1ccccc1)C(F)(F)c1ccccc1. The van der Waals surface area contributed by atoms with Gasteiger partial charge >= 0.3 is 0 Å². The van der Waals surface area contributed by atoms with Crippen LogP contribution in [0.1, 0.15) is 25.0 Å². The maximum absolute atomic E-state index is 14.6. The first-order chi connectivity index (χ1) is 8.93. The Morgan fingerprint density at radius 2 is 1.26 bits per heavy atom. The van der Waals surface area contributed by atoms with Gasteiger partial charge in [0.05, 0.1) is 0 Å². The number of benzene rings is 2. The Morgan fingerprint density at radius 1 is 0.789 bits per heavy atom. The molecule has 0 unspecified atom stereocenters. The fraction of sp³-hybridized carbons (Fsp3) is 0.294. The minimum Gasteiger partial charge on any atom is -0.201 e. The zero-order valence-corrected chi connectivity index (χ0v) is 11.2. The van der Waals surface area contributed by atoms with Crippen LogP contribution in [-0.2, 0) is 12.3 Å². The van der Waals surface area contributed by atoms with Gasteiger partial charge in [-0.2, -0.15) is 0 Å². The Bertz CT molecular complexity index is 515. The molecule has 2 rings (SSSR count). The van der Waals surface area contributed by atoms with Crippen LogP contribution in [0.3, 0.4) is 0 Å². The van der Waals surface area contributed by atoms with Gasteiger partial charge in [-0.3, -0.25) is 0 Å². The van der Waals surface area contributed by atoms with E-state index in [1.165, 1.54) is 12.1 Å². The van der Waals surface area contributed by atoms with E-state index in [-0.39, 0.29) is 5.56 Å². The van der Waals surface area contributed by atoms with Gasteiger partial charge in [-0.1, -0.05) is 74.5 Å². The average molecular weight is 260 g/mol. The fourth-order valence-corrected chi connectivity index (χ4v) is 2.26. The van der Waals surface area contributed by atoms with Crippen molar-refractivity contribution in [1.29, 1.82) is 0 Å². The lowest BCUT2D eigenvalue weighted by Gasteiger charge is -2.34. The lowest BCUT2D eigenvalue weighted by atomic mass is 9.77. The second kappa shape index (κ2) is 5.12. The summed E-state index contributed by atoms with van der Waals surface area (Å²) in [5.74, 6) is -2.86. The molecular weight excluding hydrogens is 242 g/mol. The summed E-state index contributed by atoms with van der Waals surface area (Å²) < 4.78 is 29.2. The topological polar surface area (TPSA) is 0 Å². The first-order valence-electron chi connectivity index (χ1n) is 6.41. The molecule has 0 aromatic heterocycles. The molecule has 2 aromatic carbocycles. The molecule has 0 atom stereocenters. The lowest BCUT2D eigenvalue weighted by Crippen LogP contribution is -2.35. The zero-order valence-electron chi connectivity index (χ0n) is 11.2. The van der Waals surface area contributed by atoms with Crippen LogP contribution in [0, 0.1) is 5.41 Å². The summed E-state index contributed by atoms with van der Waals surface area (Å²) >= 11 is 0. The monoisotopic (exact) mass is 260 g/mol. The largest absolute Gasteiger partial charge is 0.278 e. The number of alkyl halides is 2. The molecule has 0 saturated carbocycles. The van der Waals surface area contributed by atoms with Crippen molar-refractivity contribution >= 4 is 0 Å². The highest BCUT2D eigenvalue weighted by atomic mass is 19.3. The molecule has 0 heterocycles. The van der Waals surface area contributed by atoms with Crippen LogP contribution in [-0.4, -0.2) is 0 Å². The van der Waals surface area contributed by atoms with Crippen molar-refractivity contribution in [3.63, 3.8) is 0 Å². The van der Waals surface area contributed by atoms with Crippen LogP contribution in [0.25, 0.3) is 0 Å². The van der Waals surface area contributed by atoms with Crippen LogP contribution < -0.4 is 0 Å². The molecule has 0 amide bonds. The van der Waals surface area contributed by atoms with E-state index in [0.29, 0.717) is 6.42 Å². The van der Waals surface area contributed by atoms with E-state index in [9.17, 15) is 8.78 Å². The molecule has 19 heavy (non-hydrogen) atoms. The van der Waals surface area contributed by atoms with Gasteiger partial charge in [0.1, 0.15) is 0 Å². The third-order valence-corrected chi connectivity index (χ3v) is 3.48. The highest BCUT2D eigenvalue weighted by Crippen LogP contribution is 2.46. The van der Waals surface area contributed by atoms with Gasteiger partial charge in [0.2, 0.25) is 0 Å². The Kier molecular flexibility index (Phi) is 3.70. The molecule has 0 aliphatic rings. The van der Waals surface area contributed by atoms with E-state index >= 15 is 0 Å². The third kappa shape index (κ3) is 2.83. The fourth-order valence-electron chi connectivity index (χ4n) is 2.26. The summed E-state index contributed by atoms with van der Waals surface area (Å²) in [4.78, 5) is 0. The van der Waals surface area contributed by atoms with Crippen LogP contribution >= 0.6 is 0 Å². The molecule has 0 aliphatic heterocycles. The van der Waals surface area contributed by atoms with E-state index in [1.54, 1.807) is 32.0 Å².